The molecule has 19 heavy (non-hydrogen) atoms. The highest BCUT2D eigenvalue weighted by Gasteiger charge is 2.20. The number of carbonyl (C=O) groups excluding carboxylic acids is 1. The van der Waals surface area contributed by atoms with Crippen molar-refractivity contribution in [1.82, 2.24) is 0 Å². The number of ketones is 1. The molecule has 2 aromatic rings. The minimum absolute atomic E-state index is 0.0159. The zero-order chi connectivity index (χ0) is 14.0. The van der Waals surface area contributed by atoms with Crippen LogP contribution in [0.2, 0.25) is 5.02 Å². The summed E-state index contributed by atoms with van der Waals surface area (Å²) < 4.78 is 0. The maximum absolute atomic E-state index is 12.6. The highest BCUT2D eigenvalue weighted by Crippen LogP contribution is 2.33. The number of aryl methyl sites for hydroxylation is 1. The fourth-order valence-electron chi connectivity index (χ4n) is 1.80. The number of nitrogens with one attached hydrogen (secondary N) is 1. The number of carbonyl (C=O) groups is 1. The first-order chi connectivity index (χ1) is 9.04. The summed E-state index contributed by atoms with van der Waals surface area (Å²) >= 11 is 12.2. The minimum Gasteiger partial charge on any atom is -0.344 e. The van der Waals surface area contributed by atoms with Crippen molar-refractivity contribution in [2.45, 2.75) is 13.8 Å². The average Bonchev–Trinajstić information content (AvgIpc) is 2.66. The van der Waals surface area contributed by atoms with E-state index in [4.69, 9.17) is 23.8 Å². The zero-order valence-corrected chi connectivity index (χ0v) is 12.9. The van der Waals surface area contributed by atoms with Gasteiger partial charge in [0, 0.05) is 15.5 Å². The predicted octanol–water partition coefficient (Wildman–Crippen LogP) is 4.62. The second-order valence-corrected chi connectivity index (χ2v) is 5.98. The van der Waals surface area contributed by atoms with Crippen LogP contribution in [0, 0.1) is 13.8 Å². The van der Waals surface area contributed by atoms with Crippen LogP contribution in [0.25, 0.3) is 0 Å². The van der Waals surface area contributed by atoms with Gasteiger partial charge in [-0.05, 0) is 43.7 Å². The van der Waals surface area contributed by atoms with Gasteiger partial charge in [-0.2, -0.15) is 0 Å². The maximum Gasteiger partial charge on any atom is 0.196 e. The Morgan fingerprint density at radius 1 is 1.32 bits per heavy atom. The molecule has 2 nitrogen and oxygen atoms in total. The first kappa shape index (κ1) is 14.2. The minimum atomic E-state index is -0.0159. The lowest BCUT2D eigenvalue weighted by Gasteiger charge is -2.04. The van der Waals surface area contributed by atoms with Gasteiger partial charge in [0.25, 0.3) is 0 Å². The van der Waals surface area contributed by atoms with E-state index < -0.39 is 0 Å². The van der Waals surface area contributed by atoms with Gasteiger partial charge >= 0.3 is 0 Å². The van der Waals surface area contributed by atoms with E-state index in [1.165, 1.54) is 16.8 Å². The Morgan fingerprint density at radius 2 is 1.95 bits per heavy atom. The normalized spacial score (nSPS) is 10.3. The fraction of sp³-hybridized carbons (Fsp3) is 0.143. The molecular formula is C14H12ClNOS2. The monoisotopic (exact) mass is 309 g/mol. The zero-order valence-electron chi connectivity index (χ0n) is 10.5. The Balaban J connectivity index is 2.48. The number of hydrogen-bond acceptors (Lipinski definition) is 3. The molecule has 98 valence electrons. The van der Waals surface area contributed by atoms with Crippen LogP contribution in [0.5, 0.6) is 0 Å². The van der Waals surface area contributed by atoms with Gasteiger partial charge in [0.1, 0.15) is 5.00 Å². The second-order valence-electron chi connectivity index (χ2n) is 4.09. The lowest BCUT2D eigenvalue weighted by atomic mass is 10.0. The van der Waals surface area contributed by atoms with Crippen molar-refractivity contribution in [3.05, 3.63) is 50.9 Å². The van der Waals surface area contributed by atoms with E-state index >= 15 is 0 Å². The number of anilines is 1. The molecular weight excluding hydrogens is 298 g/mol. The molecule has 0 radical (unpaired) electrons. The molecule has 1 N–H and O–H groups in total. The summed E-state index contributed by atoms with van der Waals surface area (Å²) in [5.41, 5.74) is 3.72. The predicted molar refractivity (Wildman–Crippen MR) is 86.0 cm³/mol. The van der Waals surface area contributed by atoms with Gasteiger partial charge in [-0.25, -0.2) is 0 Å². The van der Waals surface area contributed by atoms with E-state index in [0.29, 0.717) is 16.1 Å². The highest BCUT2D eigenvalue weighted by molar-refractivity contribution is 7.79. The number of hydrogen-bond donors (Lipinski definition) is 1. The molecule has 0 spiro atoms. The van der Waals surface area contributed by atoms with Gasteiger partial charge < -0.3 is 5.32 Å². The van der Waals surface area contributed by atoms with E-state index in [-0.39, 0.29) is 5.78 Å². The van der Waals surface area contributed by atoms with Gasteiger partial charge in [0.05, 0.1) is 11.1 Å². The third-order valence-electron chi connectivity index (χ3n) is 2.91. The van der Waals surface area contributed by atoms with Gasteiger partial charge in [-0.15, -0.1) is 11.3 Å². The molecule has 5 heteroatoms. The standard InChI is InChI=1S/C14H12ClNOS2/c1-8-9(2)19-14(16-7-18)12(8)13(17)10-3-5-11(15)6-4-10/h3-7H,1-2H3,(H,16,18). The molecule has 0 fully saturated rings. The van der Waals surface area contributed by atoms with Crippen LogP contribution >= 0.6 is 35.2 Å². The van der Waals surface area contributed by atoms with Crippen molar-refractivity contribution < 1.29 is 4.79 Å². The van der Waals surface area contributed by atoms with Crippen LogP contribution < -0.4 is 5.32 Å². The van der Waals surface area contributed by atoms with Crippen LogP contribution in [-0.4, -0.2) is 11.3 Å². The van der Waals surface area contributed by atoms with Crippen molar-refractivity contribution in [2.75, 3.05) is 5.32 Å². The van der Waals surface area contributed by atoms with Gasteiger partial charge in [-0.1, -0.05) is 23.8 Å². The lowest BCUT2D eigenvalue weighted by Crippen LogP contribution is -2.05. The number of halogens is 1. The lowest BCUT2D eigenvalue weighted by molar-refractivity contribution is 0.103. The Kier molecular flexibility index (Phi) is 4.34. The molecule has 0 aliphatic rings. The summed E-state index contributed by atoms with van der Waals surface area (Å²) in [4.78, 5) is 13.7. The molecule has 2 rings (SSSR count). The Hall–Kier alpha value is -1.23. The molecule has 0 amide bonds. The largest absolute Gasteiger partial charge is 0.344 e. The number of rotatable bonds is 4. The molecule has 0 saturated carbocycles. The summed E-state index contributed by atoms with van der Waals surface area (Å²) in [6.45, 7) is 3.94. The van der Waals surface area contributed by atoms with Crippen LogP contribution in [0.15, 0.2) is 24.3 Å². The quantitative estimate of drug-likeness (QED) is 0.660. The SMILES string of the molecule is Cc1sc(NC=S)c(C(=O)c2ccc(Cl)cc2)c1C. The number of thiocarbonyl (C=S) groups is 1. The van der Waals surface area contributed by atoms with E-state index in [1.807, 2.05) is 13.8 Å². The van der Waals surface area contributed by atoms with Gasteiger partial charge in [0.15, 0.2) is 5.78 Å². The molecule has 1 aromatic heterocycles. The molecule has 0 unspecified atom stereocenters. The molecule has 0 aliphatic heterocycles. The smallest absolute Gasteiger partial charge is 0.196 e. The van der Waals surface area contributed by atoms with Crippen molar-refractivity contribution in [3.8, 4) is 0 Å². The van der Waals surface area contributed by atoms with E-state index in [9.17, 15) is 4.79 Å². The summed E-state index contributed by atoms with van der Waals surface area (Å²) in [5, 5.41) is 4.38. The Morgan fingerprint density at radius 3 is 2.53 bits per heavy atom. The summed E-state index contributed by atoms with van der Waals surface area (Å²) in [5.74, 6) is -0.0159. The molecule has 0 bridgehead atoms. The Labute approximate surface area is 126 Å². The first-order valence-corrected chi connectivity index (χ1v) is 7.31. The highest BCUT2D eigenvalue weighted by atomic mass is 35.5. The third kappa shape index (κ3) is 2.86. The fourth-order valence-corrected chi connectivity index (χ4v) is 3.15. The van der Waals surface area contributed by atoms with Crippen molar-refractivity contribution >= 4 is 51.4 Å². The number of benzene rings is 1. The van der Waals surface area contributed by atoms with Gasteiger partial charge in [0.2, 0.25) is 0 Å². The molecule has 1 aromatic carbocycles. The summed E-state index contributed by atoms with van der Waals surface area (Å²) in [6.07, 6.45) is 0. The van der Waals surface area contributed by atoms with E-state index in [1.54, 1.807) is 24.3 Å². The van der Waals surface area contributed by atoms with E-state index in [0.717, 1.165) is 15.4 Å². The van der Waals surface area contributed by atoms with Crippen molar-refractivity contribution in [1.29, 1.82) is 0 Å². The first-order valence-electron chi connectivity index (χ1n) is 5.65. The molecule has 0 saturated heterocycles. The van der Waals surface area contributed by atoms with Crippen molar-refractivity contribution in [2.24, 2.45) is 0 Å². The van der Waals surface area contributed by atoms with Gasteiger partial charge in [-0.3, -0.25) is 4.79 Å². The number of thiophene rings is 1. The second kappa shape index (κ2) is 5.82. The summed E-state index contributed by atoms with van der Waals surface area (Å²) in [7, 11) is 0. The summed E-state index contributed by atoms with van der Waals surface area (Å²) in [6, 6.07) is 6.90. The van der Waals surface area contributed by atoms with Crippen LogP contribution in [0.4, 0.5) is 5.00 Å². The van der Waals surface area contributed by atoms with Crippen molar-refractivity contribution in [3.63, 3.8) is 0 Å². The maximum atomic E-state index is 12.6. The molecule has 0 aliphatic carbocycles. The van der Waals surface area contributed by atoms with E-state index in [2.05, 4.69) is 5.32 Å². The van der Waals surface area contributed by atoms with Crippen LogP contribution in [-0.2, 0) is 0 Å². The molecule has 0 atom stereocenters. The van der Waals surface area contributed by atoms with Crippen LogP contribution in [0.3, 0.4) is 0 Å². The average molecular weight is 310 g/mol. The molecule has 1 heterocycles. The topological polar surface area (TPSA) is 29.1 Å². The Bertz CT molecular complexity index is 632. The third-order valence-corrected chi connectivity index (χ3v) is 4.42. The van der Waals surface area contributed by atoms with Crippen LogP contribution in [0.1, 0.15) is 26.4 Å².